The maximum absolute atomic E-state index is 13.6. The Hall–Kier alpha value is -3.40. The molecule has 2 heterocycles. The number of benzene rings is 2. The molecule has 10 heteroatoms. The van der Waals surface area contributed by atoms with Gasteiger partial charge >= 0.3 is 6.03 Å². The molecule has 0 saturated carbocycles. The van der Waals surface area contributed by atoms with Crippen LogP contribution in [0.15, 0.2) is 48.5 Å². The number of rotatable bonds is 7. The van der Waals surface area contributed by atoms with Crippen LogP contribution >= 0.6 is 0 Å². The highest BCUT2D eigenvalue weighted by Crippen LogP contribution is 2.29. The van der Waals surface area contributed by atoms with Crippen molar-refractivity contribution in [2.45, 2.75) is 51.5 Å². The molecular formula is C26H31BFN5O3. The van der Waals surface area contributed by atoms with Gasteiger partial charge in [-0.2, -0.15) is 0 Å². The van der Waals surface area contributed by atoms with E-state index >= 15 is 0 Å². The van der Waals surface area contributed by atoms with Gasteiger partial charge in [-0.25, -0.2) is 19.2 Å². The summed E-state index contributed by atoms with van der Waals surface area (Å²) in [5, 5.41) is 5.98. The van der Waals surface area contributed by atoms with E-state index in [1.54, 1.807) is 40.1 Å². The number of nitrogens with zero attached hydrogens (tertiary/aromatic N) is 4. The van der Waals surface area contributed by atoms with Crippen LogP contribution in [0.2, 0.25) is 0 Å². The fraction of sp³-hybridized carbons (Fsp3) is 0.423. The number of fused-ring (bicyclic) bond motifs is 1. The number of halogens is 1. The van der Waals surface area contributed by atoms with E-state index in [-0.39, 0.29) is 37.3 Å². The first-order valence-corrected chi connectivity index (χ1v) is 12.3. The molecule has 2 aromatic rings. The zero-order valence-electron chi connectivity index (χ0n) is 20.7. The maximum atomic E-state index is 13.6. The molecule has 4 rings (SSSR count). The summed E-state index contributed by atoms with van der Waals surface area (Å²) in [6.45, 7) is 2.74. The fourth-order valence-corrected chi connectivity index (χ4v) is 4.89. The molecule has 1 N–H and O–H groups in total. The zero-order chi connectivity index (χ0) is 25.8. The molecule has 188 valence electrons. The number of likely N-dealkylation sites (N-methyl/N-ethyl adjacent to an activating group) is 1. The molecule has 4 amide bonds. The van der Waals surface area contributed by atoms with E-state index in [0.717, 1.165) is 24.0 Å². The second kappa shape index (κ2) is 11.1. The van der Waals surface area contributed by atoms with Crippen LogP contribution in [0.25, 0.3) is 0 Å². The van der Waals surface area contributed by atoms with Crippen molar-refractivity contribution in [3.63, 3.8) is 0 Å². The first-order valence-electron chi connectivity index (χ1n) is 12.3. The standard InChI is InChI=1S/C26H31BFN5O3/c1-3-4-8-22-25(35)31(15-19-6-5-7-20(27)13-19)16-23-32(22)24(34)17-30(2)33(23)26(36)29-14-18-9-11-21(28)12-10-18/h5-7,9-13,22-23H,3-4,8,14-17H2,1-2H3,(H,29,36)/t22-,23-/m0/s1. The van der Waals surface area contributed by atoms with Crippen LogP contribution < -0.4 is 10.8 Å². The molecule has 0 spiro atoms. The van der Waals surface area contributed by atoms with Crippen molar-refractivity contribution in [2.24, 2.45) is 0 Å². The Bertz CT molecular complexity index is 1120. The molecular weight excluding hydrogens is 460 g/mol. The lowest BCUT2D eigenvalue weighted by Crippen LogP contribution is -2.75. The molecule has 0 bridgehead atoms. The van der Waals surface area contributed by atoms with E-state index < -0.39 is 18.2 Å². The number of hydrogen-bond acceptors (Lipinski definition) is 4. The molecule has 2 saturated heterocycles. The van der Waals surface area contributed by atoms with E-state index in [4.69, 9.17) is 7.85 Å². The molecule has 2 radical (unpaired) electrons. The summed E-state index contributed by atoms with van der Waals surface area (Å²) in [6, 6.07) is 12.2. The summed E-state index contributed by atoms with van der Waals surface area (Å²) < 4.78 is 13.2. The average molecular weight is 491 g/mol. The van der Waals surface area contributed by atoms with Gasteiger partial charge in [0.15, 0.2) is 0 Å². The first-order chi connectivity index (χ1) is 17.3. The number of nitrogens with one attached hydrogen (secondary N) is 1. The molecule has 2 aliphatic rings. The van der Waals surface area contributed by atoms with E-state index in [1.165, 1.54) is 17.1 Å². The lowest BCUT2D eigenvalue weighted by Gasteiger charge is -2.54. The number of piperazine rings is 1. The number of urea groups is 1. The van der Waals surface area contributed by atoms with Crippen LogP contribution in [-0.4, -0.2) is 77.9 Å². The van der Waals surface area contributed by atoms with Crippen molar-refractivity contribution >= 4 is 31.2 Å². The van der Waals surface area contributed by atoms with Crippen LogP contribution in [0, 0.1) is 5.82 Å². The number of carbonyl (C=O) groups is 3. The number of hydrogen-bond donors (Lipinski definition) is 1. The van der Waals surface area contributed by atoms with E-state index in [2.05, 4.69) is 5.32 Å². The van der Waals surface area contributed by atoms with Gasteiger partial charge < -0.3 is 15.1 Å². The molecule has 2 aromatic carbocycles. The van der Waals surface area contributed by atoms with Crippen molar-refractivity contribution < 1.29 is 18.8 Å². The Morgan fingerprint density at radius 3 is 2.58 bits per heavy atom. The number of hydrazine groups is 1. The molecule has 2 aliphatic heterocycles. The van der Waals surface area contributed by atoms with Gasteiger partial charge in [0.05, 0.1) is 13.1 Å². The van der Waals surface area contributed by atoms with Crippen LogP contribution in [0.4, 0.5) is 9.18 Å². The van der Waals surface area contributed by atoms with Gasteiger partial charge in [0.1, 0.15) is 25.9 Å². The SMILES string of the molecule is [B]c1cccc(CN2C[C@H]3N(C(=O)CN(C)N3C(=O)NCc3ccc(F)cc3)[C@@H](CCCC)C2=O)c1. The smallest absolute Gasteiger partial charge is 0.333 e. The van der Waals surface area contributed by atoms with Gasteiger partial charge in [0.25, 0.3) is 0 Å². The quantitative estimate of drug-likeness (QED) is 0.599. The van der Waals surface area contributed by atoms with Gasteiger partial charge in [-0.1, -0.05) is 61.6 Å². The molecule has 36 heavy (non-hydrogen) atoms. The first kappa shape index (κ1) is 25.7. The third-order valence-electron chi connectivity index (χ3n) is 6.66. The van der Waals surface area contributed by atoms with E-state index in [9.17, 15) is 18.8 Å². The van der Waals surface area contributed by atoms with Crippen LogP contribution in [-0.2, 0) is 22.7 Å². The summed E-state index contributed by atoms with van der Waals surface area (Å²) in [5.74, 6) is -0.643. The minimum absolute atomic E-state index is 0.00834. The second-order valence-electron chi connectivity index (χ2n) is 9.35. The van der Waals surface area contributed by atoms with Gasteiger partial charge in [-0.15, -0.1) is 0 Å². The molecule has 8 nitrogen and oxygen atoms in total. The molecule has 0 unspecified atom stereocenters. The molecule has 2 fully saturated rings. The predicted molar refractivity (Wildman–Crippen MR) is 134 cm³/mol. The molecule has 2 atom stereocenters. The topological polar surface area (TPSA) is 76.2 Å². The summed E-state index contributed by atoms with van der Waals surface area (Å²) in [7, 11) is 7.63. The van der Waals surface area contributed by atoms with Crippen molar-refractivity contribution in [2.75, 3.05) is 20.1 Å². The summed E-state index contributed by atoms with van der Waals surface area (Å²) in [6.07, 6.45) is 1.55. The number of unbranched alkanes of at least 4 members (excludes halogenated alkanes) is 1. The van der Waals surface area contributed by atoms with E-state index in [0.29, 0.717) is 18.4 Å². The monoisotopic (exact) mass is 491 g/mol. The zero-order valence-corrected chi connectivity index (χ0v) is 20.7. The second-order valence-corrected chi connectivity index (χ2v) is 9.35. The largest absolute Gasteiger partial charge is 0.334 e. The minimum Gasteiger partial charge on any atom is -0.333 e. The third kappa shape index (κ3) is 5.54. The third-order valence-corrected chi connectivity index (χ3v) is 6.66. The maximum Gasteiger partial charge on any atom is 0.334 e. The van der Waals surface area contributed by atoms with Crippen LogP contribution in [0.5, 0.6) is 0 Å². The van der Waals surface area contributed by atoms with Gasteiger partial charge in [-0.05, 0) is 29.7 Å². The fourth-order valence-electron chi connectivity index (χ4n) is 4.89. The highest BCUT2D eigenvalue weighted by Gasteiger charge is 2.50. The Labute approximate surface area is 212 Å². The Morgan fingerprint density at radius 1 is 1.14 bits per heavy atom. The van der Waals surface area contributed by atoms with Gasteiger partial charge in [0, 0.05) is 20.1 Å². The highest BCUT2D eigenvalue weighted by molar-refractivity contribution is 6.32. The van der Waals surface area contributed by atoms with Crippen molar-refractivity contribution in [1.82, 2.24) is 25.1 Å². The molecule has 0 aromatic heterocycles. The number of carbonyl (C=O) groups excluding carboxylic acids is 3. The van der Waals surface area contributed by atoms with Gasteiger partial charge in [-0.3, -0.25) is 9.59 Å². The van der Waals surface area contributed by atoms with Crippen LogP contribution in [0.1, 0.15) is 37.3 Å². The Morgan fingerprint density at radius 2 is 1.89 bits per heavy atom. The van der Waals surface area contributed by atoms with Crippen molar-refractivity contribution in [3.8, 4) is 0 Å². The average Bonchev–Trinajstić information content (AvgIpc) is 2.84. The van der Waals surface area contributed by atoms with Crippen molar-refractivity contribution in [3.05, 3.63) is 65.5 Å². The Balaban J connectivity index is 1.59. The molecule has 0 aliphatic carbocycles. The lowest BCUT2D eigenvalue weighted by atomic mass is 9.94. The minimum atomic E-state index is -0.648. The summed E-state index contributed by atoms with van der Waals surface area (Å²) in [4.78, 5) is 43.4. The van der Waals surface area contributed by atoms with E-state index in [1.807, 2.05) is 25.1 Å². The van der Waals surface area contributed by atoms with Gasteiger partial charge in [0.2, 0.25) is 11.8 Å². The predicted octanol–water partition coefficient (Wildman–Crippen LogP) is 1.75. The lowest BCUT2D eigenvalue weighted by molar-refractivity contribution is -0.188. The highest BCUT2D eigenvalue weighted by atomic mass is 19.1. The summed E-state index contributed by atoms with van der Waals surface area (Å²) >= 11 is 0. The normalized spacial score (nSPS) is 20.5. The summed E-state index contributed by atoms with van der Waals surface area (Å²) in [5.41, 5.74) is 2.24. The van der Waals surface area contributed by atoms with Crippen molar-refractivity contribution in [1.29, 1.82) is 0 Å². The number of amides is 4. The van der Waals surface area contributed by atoms with Crippen LogP contribution in [0.3, 0.4) is 0 Å². The Kier molecular flexibility index (Phi) is 7.93.